The number of hydrogen-bond acceptors (Lipinski definition) is 2. The number of anilines is 1. The average molecular weight is 387 g/mol. The van der Waals surface area contributed by atoms with E-state index in [0.29, 0.717) is 6.54 Å². The second-order valence-electron chi connectivity index (χ2n) is 6.83. The fourth-order valence-corrected chi connectivity index (χ4v) is 4.33. The summed E-state index contributed by atoms with van der Waals surface area (Å²) in [5, 5.41) is 1.18. The Morgan fingerprint density at radius 3 is 2.32 bits per heavy atom. The van der Waals surface area contributed by atoms with Gasteiger partial charge in [-0.25, -0.2) is 0 Å². The molecule has 1 amide bonds. The smallest absolute Gasteiger partial charge is 0.224 e. The third kappa shape index (κ3) is 3.82. The number of aromatic nitrogens is 1. The molecule has 0 saturated carbocycles. The van der Waals surface area contributed by atoms with Gasteiger partial charge in [0.15, 0.2) is 0 Å². The van der Waals surface area contributed by atoms with Crippen LogP contribution >= 0.6 is 11.8 Å². The van der Waals surface area contributed by atoms with Crippen LogP contribution in [0, 0.1) is 6.92 Å². The van der Waals surface area contributed by atoms with Gasteiger partial charge in [-0.3, -0.25) is 4.79 Å². The number of nitrogens with zero attached hydrogens (tertiary/aromatic N) is 1. The molecule has 0 aliphatic rings. The molecule has 0 atom stereocenters. The van der Waals surface area contributed by atoms with Gasteiger partial charge in [-0.2, -0.15) is 0 Å². The quantitative estimate of drug-likeness (QED) is 0.444. The first-order valence-corrected chi connectivity index (χ1v) is 10.1. The molecule has 0 bridgehead atoms. The number of aryl methyl sites for hydroxylation is 1. The standard InChI is InChI=1S/C24H22N2OS/c1-17-12-14-19(15-13-17)26(18(2)27)16-23-24(28-20-8-4-3-5-9-20)21-10-6-7-11-22(21)25-23/h3-15,25H,16H2,1-2H3. The van der Waals surface area contributed by atoms with Gasteiger partial charge in [-0.15, -0.1) is 0 Å². The lowest BCUT2D eigenvalue weighted by Gasteiger charge is -2.21. The van der Waals surface area contributed by atoms with Crippen LogP contribution in [0.4, 0.5) is 5.69 Å². The van der Waals surface area contributed by atoms with E-state index in [1.165, 1.54) is 20.7 Å². The lowest BCUT2D eigenvalue weighted by Crippen LogP contribution is -2.28. The molecule has 4 aromatic rings. The number of carbonyl (C=O) groups excluding carboxylic acids is 1. The summed E-state index contributed by atoms with van der Waals surface area (Å²) in [6.45, 7) is 4.17. The molecule has 1 aromatic heterocycles. The summed E-state index contributed by atoms with van der Waals surface area (Å²) in [5.41, 5.74) is 4.22. The van der Waals surface area contributed by atoms with E-state index in [9.17, 15) is 4.79 Å². The zero-order valence-corrected chi connectivity index (χ0v) is 16.8. The fourth-order valence-electron chi connectivity index (χ4n) is 3.27. The predicted octanol–water partition coefficient (Wildman–Crippen LogP) is 6.18. The molecule has 28 heavy (non-hydrogen) atoms. The summed E-state index contributed by atoms with van der Waals surface area (Å²) < 4.78 is 0. The Kier molecular flexibility index (Phi) is 5.22. The maximum Gasteiger partial charge on any atom is 0.224 e. The molecule has 4 rings (SSSR count). The molecule has 4 heteroatoms. The highest BCUT2D eigenvalue weighted by Crippen LogP contribution is 2.37. The second-order valence-corrected chi connectivity index (χ2v) is 7.92. The van der Waals surface area contributed by atoms with Crippen molar-refractivity contribution in [3.05, 3.63) is 90.1 Å². The van der Waals surface area contributed by atoms with Crippen LogP contribution in [0.1, 0.15) is 18.2 Å². The monoisotopic (exact) mass is 386 g/mol. The number of para-hydroxylation sites is 1. The normalized spacial score (nSPS) is 10.9. The molecule has 1 heterocycles. The van der Waals surface area contributed by atoms with Crippen LogP contribution in [0.15, 0.2) is 88.7 Å². The van der Waals surface area contributed by atoms with Crippen LogP contribution in [-0.4, -0.2) is 10.9 Å². The Morgan fingerprint density at radius 1 is 0.929 bits per heavy atom. The molecular formula is C24H22N2OS. The average Bonchev–Trinajstić information content (AvgIpc) is 3.05. The number of aromatic amines is 1. The molecule has 1 N–H and O–H groups in total. The molecule has 0 fully saturated rings. The fraction of sp³-hybridized carbons (Fsp3) is 0.125. The first kappa shape index (κ1) is 18.4. The Balaban J connectivity index is 1.75. The topological polar surface area (TPSA) is 36.1 Å². The van der Waals surface area contributed by atoms with Crippen LogP contribution in [0.5, 0.6) is 0 Å². The van der Waals surface area contributed by atoms with Gasteiger partial charge in [0.25, 0.3) is 0 Å². The van der Waals surface area contributed by atoms with E-state index in [2.05, 4.69) is 35.3 Å². The molecule has 140 valence electrons. The zero-order chi connectivity index (χ0) is 19.5. The summed E-state index contributed by atoms with van der Waals surface area (Å²) in [6, 6.07) is 26.7. The Labute approximate surface area is 169 Å². The van der Waals surface area contributed by atoms with E-state index in [1.807, 2.05) is 60.4 Å². The highest BCUT2D eigenvalue weighted by atomic mass is 32.2. The number of hydrogen-bond donors (Lipinski definition) is 1. The molecule has 0 saturated heterocycles. The minimum absolute atomic E-state index is 0.0261. The first-order valence-electron chi connectivity index (χ1n) is 9.29. The minimum atomic E-state index is 0.0261. The van der Waals surface area contributed by atoms with Gasteiger partial charge in [-0.1, -0.05) is 65.9 Å². The number of amides is 1. The summed E-state index contributed by atoms with van der Waals surface area (Å²) >= 11 is 1.73. The van der Waals surface area contributed by atoms with Crippen LogP contribution in [-0.2, 0) is 11.3 Å². The molecular weight excluding hydrogens is 364 g/mol. The second kappa shape index (κ2) is 7.95. The van der Waals surface area contributed by atoms with Crippen LogP contribution in [0.25, 0.3) is 10.9 Å². The van der Waals surface area contributed by atoms with Gasteiger partial charge < -0.3 is 9.88 Å². The number of benzene rings is 3. The Bertz CT molecular complexity index is 1100. The van der Waals surface area contributed by atoms with E-state index in [0.717, 1.165) is 16.9 Å². The summed E-state index contributed by atoms with van der Waals surface area (Å²) in [6.07, 6.45) is 0. The summed E-state index contributed by atoms with van der Waals surface area (Å²) in [7, 11) is 0. The Morgan fingerprint density at radius 2 is 1.61 bits per heavy atom. The van der Waals surface area contributed by atoms with Crippen molar-refractivity contribution in [2.45, 2.75) is 30.2 Å². The van der Waals surface area contributed by atoms with Crippen LogP contribution in [0.2, 0.25) is 0 Å². The molecule has 0 spiro atoms. The lowest BCUT2D eigenvalue weighted by atomic mass is 10.2. The maximum atomic E-state index is 12.4. The van der Waals surface area contributed by atoms with Gasteiger partial charge in [0.05, 0.1) is 12.2 Å². The highest BCUT2D eigenvalue weighted by Gasteiger charge is 2.18. The van der Waals surface area contributed by atoms with Crippen molar-refractivity contribution in [1.29, 1.82) is 0 Å². The van der Waals surface area contributed by atoms with Crippen molar-refractivity contribution in [3.8, 4) is 0 Å². The molecule has 0 unspecified atom stereocenters. The first-order chi connectivity index (χ1) is 13.6. The lowest BCUT2D eigenvalue weighted by molar-refractivity contribution is -0.116. The molecule has 0 aliphatic heterocycles. The van der Waals surface area contributed by atoms with Crippen molar-refractivity contribution in [1.82, 2.24) is 4.98 Å². The van der Waals surface area contributed by atoms with Gasteiger partial charge in [0, 0.05) is 33.3 Å². The predicted molar refractivity (Wildman–Crippen MR) is 117 cm³/mol. The number of carbonyl (C=O) groups is 1. The molecule has 3 nitrogen and oxygen atoms in total. The number of nitrogens with one attached hydrogen (secondary N) is 1. The van der Waals surface area contributed by atoms with E-state index < -0.39 is 0 Å². The van der Waals surface area contributed by atoms with Crippen LogP contribution < -0.4 is 4.90 Å². The van der Waals surface area contributed by atoms with E-state index in [1.54, 1.807) is 18.7 Å². The van der Waals surface area contributed by atoms with E-state index in [-0.39, 0.29) is 5.91 Å². The number of rotatable bonds is 5. The Hall–Kier alpha value is -2.98. The van der Waals surface area contributed by atoms with E-state index >= 15 is 0 Å². The van der Waals surface area contributed by atoms with Gasteiger partial charge in [0.2, 0.25) is 5.91 Å². The van der Waals surface area contributed by atoms with Crippen molar-refractivity contribution in [2.75, 3.05) is 4.90 Å². The van der Waals surface area contributed by atoms with Crippen molar-refractivity contribution < 1.29 is 4.79 Å². The molecule has 0 radical (unpaired) electrons. The number of H-pyrrole nitrogens is 1. The van der Waals surface area contributed by atoms with E-state index in [4.69, 9.17) is 0 Å². The summed E-state index contributed by atoms with van der Waals surface area (Å²) in [5.74, 6) is 0.0261. The van der Waals surface area contributed by atoms with Crippen molar-refractivity contribution in [2.24, 2.45) is 0 Å². The van der Waals surface area contributed by atoms with Crippen molar-refractivity contribution in [3.63, 3.8) is 0 Å². The van der Waals surface area contributed by atoms with Crippen LogP contribution in [0.3, 0.4) is 0 Å². The third-order valence-corrected chi connectivity index (χ3v) is 5.91. The van der Waals surface area contributed by atoms with Gasteiger partial charge >= 0.3 is 0 Å². The highest BCUT2D eigenvalue weighted by molar-refractivity contribution is 7.99. The zero-order valence-electron chi connectivity index (χ0n) is 16.0. The maximum absolute atomic E-state index is 12.4. The minimum Gasteiger partial charge on any atom is -0.356 e. The SMILES string of the molecule is CC(=O)N(Cc1[nH]c2ccccc2c1Sc1ccccc1)c1ccc(C)cc1. The summed E-state index contributed by atoms with van der Waals surface area (Å²) in [4.78, 5) is 20.1. The number of fused-ring (bicyclic) bond motifs is 1. The third-order valence-electron chi connectivity index (χ3n) is 4.74. The van der Waals surface area contributed by atoms with Gasteiger partial charge in [-0.05, 0) is 37.3 Å². The molecule has 0 aliphatic carbocycles. The molecule has 3 aromatic carbocycles. The largest absolute Gasteiger partial charge is 0.356 e. The van der Waals surface area contributed by atoms with Crippen molar-refractivity contribution >= 4 is 34.3 Å². The van der Waals surface area contributed by atoms with Gasteiger partial charge in [0.1, 0.15) is 0 Å².